The van der Waals surface area contributed by atoms with Crippen LogP contribution in [0.5, 0.6) is 0 Å². The molecule has 0 radical (unpaired) electrons. The van der Waals surface area contributed by atoms with Crippen LogP contribution in [0.25, 0.3) is 0 Å². The first-order chi connectivity index (χ1) is 9.43. The Labute approximate surface area is 119 Å². The van der Waals surface area contributed by atoms with E-state index in [-0.39, 0.29) is 6.61 Å². The summed E-state index contributed by atoms with van der Waals surface area (Å²) in [7, 11) is 1.30. The number of esters is 1. The van der Waals surface area contributed by atoms with Crippen LogP contribution in [0.3, 0.4) is 0 Å². The summed E-state index contributed by atoms with van der Waals surface area (Å²) < 4.78 is 9.80. The quantitative estimate of drug-likeness (QED) is 0.795. The van der Waals surface area contributed by atoms with Gasteiger partial charge in [0.05, 0.1) is 19.4 Å². The Hall–Kier alpha value is -2.04. The van der Waals surface area contributed by atoms with Crippen LogP contribution < -0.4 is 4.90 Å². The number of anilines is 1. The van der Waals surface area contributed by atoms with Crippen LogP contribution in [0.1, 0.15) is 25.0 Å². The van der Waals surface area contributed by atoms with E-state index in [1.807, 2.05) is 32.0 Å². The molecule has 0 aliphatic carbocycles. The zero-order valence-corrected chi connectivity index (χ0v) is 12.6. The molecular formula is C15H21NO4. The minimum atomic E-state index is -0.751. The van der Waals surface area contributed by atoms with Crippen LogP contribution in [-0.2, 0) is 14.3 Å². The van der Waals surface area contributed by atoms with Crippen LogP contribution in [0.2, 0.25) is 0 Å². The maximum atomic E-state index is 12.2. The van der Waals surface area contributed by atoms with Gasteiger partial charge in [0.15, 0.2) is 0 Å². The number of methoxy groups -OCH3 is 1. The third-order valence-electron chi connectivity index (χ3n) is 3.07. The first-order valence-electron chi connectivity index (χ1n) is 6.54. The largest absolute Gasteiger partial charge is 0.467 e. The maximum absolute atomic E-state index is 12.2. The molecule has 110 valence electrons. The smallest absolute Gasteiger partial charge is 0.415 e. The van der Waals surface area contributed by atoms with Gasteiger partial charge in [0.2, 0.25) is 0 Å². The van der Waals surface area contributed by atoms with E-state index in [0.29, 0.717) is 5.69 Å². The van der Waals surface area contributed by atoms with Crippen molar-refractivity contribution in [3.63, 3.8) is 0 Å². The predicted molar refractivity (Wildman–Crippen MR) is 76.9 cm³/mol. The second-order valence-corrected chi connectivity index (χ2v) is 4.51. The summed E-state index contributed by atoms with van der Waals surface area (Å²) in [6.07, 6.45) is -0.553. The molecule has 0 spiro atoms. The van der Waals surface area contributed by atoms with E-state index in [0.717, 1.165) is 11.1 Å². The second-order valence-electron chi connectivity index (χ2n) is 4.51. The number of ether oxygens (including phenoxy) is 2. The summed E-state index contributed by atoms with van der Waals surface area (Å²) in [5, 5.41) is 0. The zero-order chi connectivity index (χ0) is 15.3. The van der Waals surface area contributed by atoms with Gasteiger partial charge in [-0.25, -0.2) is 9.59 Å². The predicted octanol–water partition coefficient (Wildman–Crippen LogP) is 2.83. The van der Waals surface area contributed by atoms with Gasteiger partial charge in [-0.1, -0.05) is 18.2 Å². The highest BCUT2D eigenvalue weighted by atomic mass is 16.6. The molecule has 1 amide bonds. The Kier molecular flexibility index (Phi) is 5.55. The summed E-state index contributed by atoms with van der Waals surface area (Å²) in [5.74, 6) is -0.485. The van der Waals surface area contributed by atoms with Gasteiger partial charge < -0.3 is 9.47 Å². The highest BCUT2D eigenvalue weighted by Gasteiger charge is 2.31. The van der Waals surface area contributed by atoms with Crippen molar-refractivity contribution < 1.29 is 19.1 Å². The van der Waals surface area contributed by atoms with E-state index in [1.165, 1.54) is 12.0 Å². The zero-order valence-electron chi connectivity index (χ0n) is 12.6. The van der Waals surface area contributed by atoms with Crippen molar-refractivity contribution in [2.75, 3.05) is 18.6 Å². The molecule has 20 heavy (non-hydrogen) atoms. The lowest BCUT2D eigenvalue weighted by Crippen LogP contribution is -2.45. The maximum Gasteiger partial charge on any atom is 0.415 e. The molecule has 0 aliphatic rings. The summed E-state index contributed by atoms with van der Waals surface area (Å²) in [6.45, 7) is 7.36. The number of hydrogen-bond donors (Lipinski definition) is 0. The normalized spacial score (nSPS) is 11.7. The van der Waals surface area contributed by atoms with Crippen molar-refractivity contribution in [3.05, 3.63) is 29.3 Å². The average molecular weight is 279 g/mol. The van der Waals surface area contributed by atoms with Crippen LogP contribution in [0.15, 0.2) is 18.2 Å². The van der Waals surface area contributed by atoms with E-state index in [9.17, 15) is 9.59 Å². The monoisotopic (exact) mass is 279 g/mol. The average Bonchev–Trinajstić information content (AvgIpc) is 2.41. The lowest BCUT2D eigenvalue weighted by atomic mass is 10.1. The Balaban J connectivity index is 3.30. The molecule has 0 aliphatic heterocycles. The van der Waals surface area contributed by atoms with Crippen LogP contribution in [0, 0.1) is 13.8 Å². The van der Waals surface area contributed by atoms with Crippen LogP contribution in [-0.4, -0.2) is 31.8 Å². The number of amides is 1. The molecule has 0 bridgehead atoms. The molecule has 0 N–H and O–H groups in total. The molecular weight excluding hydrogens is 258 g/mol. The Morgan fingerprint density at radius 2 is 1.80 bits per heavy atom. The van der Waals surface area contributed by atoms with Gasteiger partial charge in [-0.15, -0.1) is 0 Å². The number of hydrogen-bond acceptors (Lipinski definition) is 4. The lowest BCUT2D eigenvalue weighted by Gasteiger charge is -2.29. The van der Waals surface area contributed by atoms with Gasteiger partial charge in [0, 0.05) is 0 Å². The van der Waals surface area contributed by atoms with Crippen molar-refractivity contribution >= 4 is 17.7 Å². The minimum Gasteiger partial charge on any atom is -0.467 e. The molecule has 0 aromatic heterocycles. The molecule has 0 saturated carbocycles. The van der Waals surface area contributed by atoms with E-state index >= 15 is 0 Å². The van der Waals surface area contributed by atoms with Crippen molar-refractivity contribution in [3.8, 4) is 0 Å². The van der Waals surface area contributed by atoms with E-state index in [1.54, 1.807) is 13.8 Å². The topological polar surface area (TPSA) is 55.8 Å². The van der Waals surface area contributed by atoms with Gasteiger partial charge in [0.25, 0.3) is 0 Å². The molecule has 0 fully saturated rings. The van der Waals surface area contributed by atoms with Crippen LogP contribution >= 0.6 is 0 Å². The molecule has 5 nitrogen and oxygen atoms in total. The Bertz CT molecular complexity index is 478. The number of para-hydroxylation sites is 1. The highest BCUT2D eigenvalue weighted by Crippen LogP contribution is 2.27. The fourth-order valence-electron chi connectivity index (χ4n) is 2.10. The SMILES string of the molecule is CCOC(=O)N(c1c(C)cccc1C)C(C)C(=O)OC. The summed E-state index contributed by atoms with van der Waals surface area (Å²) in [5.41, 5.74) is 2.48. The molecule has 1 unspecified atom stereocenters. The van der Waals surface area contributed by atoms with Gasteiger partial charge >= 0.3 is 12.1 Å². The first-order valence-corrected chi connectivity index (χ1v) is 6.54. The number of carbonyl (C=O) groups excluding carboxylic acids is 2. The molecule has 1 aromatic carbocycles. The molecule has 1 atom stereocenters. The fourth-order valence-corrected chi connectivity index (χ4v) is 2.10. The van der Waals surface area contributed by atoms with Crippen molar-refractivity contribution in [1.82, 2.24) is 0 Å². The number of aryl methyl sites for hydroxylation is 2. The highest BCUT2D eigenvalue weighted by molar-refractivity contribution is 5.96. The summed E-state index contributed by atoms with van der Waals surface area (Å²) in [6, 6.07) is 4.93. The molecule has 1 aromatic rings. The lowest BCUT2D eigenvalue weighted by molar-refractivity contribution is -0.141. The number of rotatable bonds is 4. The first kappa shape index (κ1) is 16.0. The van der Waals surface area contributed by atoms with Crippen molar-refractivity contribution in [2.45, 2.75) is 33.7 Å². The van der Waals surface area contributed by atoms with Gasteiger partial charge in [-0.2, -0.15) is 0 Å². The molecule has 5 heteroatoms. The number of benzene rings is 1. The number of carbonyl (C=O) groups is 2. The third-order valence-corrected chi connectivity index (χ3v) is 3.07. The molecule has 1 rings (SSSR count). The fraction of sp³-hybridized carbons (Fsp3) is 0.467. The number of nitrogens with zero attached hydrogens (tertiary/aromatic N) is 1. The third kappa shape index (κ3) is 3.29. The van der Waals surface area contributed by atoms with E-state index < -0.39 is 18.1 Å². The Morgan fingerprint density at radius 1 is 1.25 bits per heavy atom. The van der Waals surface area contributed by atoms with Gasteiger partial charge in [0.1, 0.15) is 6.04 Å². The van der Waals surface area contributed by atoms with Crippen LogP contribution in [0.4, 0.5) is 10.5 Å². The van der Waals surface area contributed by atoms with Crippen molar-refractivity contribution in [2.24, 2.45) is 0 Å². The second kappa shape index (κ2) is 6.93. The minimum absolute atomic E-state index is 0.244. The summed E-state index contributed by atoms with van der Waals surface area (Å²) >= 11 is 0. The summed E-state index contributed by atoms with van der Waals surface area (Å²) in [4.78, 5) is 25.3. The Morgan fingerprint density at radius 3 is 2.25 bits per heavy atom. The van der Waals surface area contributed by atoms with E-state index in [2.05, 4.69) is 0 Å². The molecule has 0 heterocycles. The standard InChI is InChI=1S/C15H21NO4/c1-6-20-15(18)16(12(4)14(17)19-5)13-10(2)8-7-9-11(13)3/h7-9,12H,6H2,1-5H3. The van der Waals surface area contributed by atoms with Gasteiger partial charge in [-0.3, -0.25) is 4.90 Å². The van der Waals surface area contributed by atoms with Crippen molar-refractivity contribution in [1.29, 1.82) is 0 Å². The van der Waals surface area contributed by atoms with Gasteiger partial charge in [-0.05, 0) is 38.8 Å². The van der Waals surface area contributed by atoms with E-state index in [4.69, 9.17) is 9.47 Å². The molecule has 0 saturated heterocycles.